The number of amides is 2. The van der Waals surface area contributed by atoms with Crippen LogP contribution >= 0.6 is 0 Å². The average Bonchev–Trinajstić information content (AvgIpc) is 2.22. The molecule has 1 atom stereocenters. The van der Waals surface area contributed by atoms with Gasteiger partial charge in [0.15, 0.2) is 6.23 Å². The number of nitrogens with zero attached hydrogens (tertiary/aromatic N) is 2. The molecular formula is C7H13N3O5. The Balaban J connectivity index is 2.63. The summed E-state index contributed by atoms with van der Waals surface area (Å²) in [5, 5.41) is 1.99. The number of methoxy groups -OCH3 is 1. The number of nitrogens with two attached hydrogens (primary N) is 1. The number of ether oxygens (including phenoxy) is 2. The molecule has 1 heterocycles. The van der Waals surface area contributed by atoms with E-state index in [2.05, 4.69) is 9.57 Å². The summed E-state index contributed by atoms with van der Waals surface area (Å²) in [6, 6.07) is 0. The third kappa shape index (κ3) is 2.10. The second-order valence-electron chi connectivity index (χ2n) is 2.69. The molecule has 0 bridgehead atoms. The largest absolute Gasteiger partial charge is 0.452 e. The van der Waals surface area contributed by atoms with Gasteiger partial charge in [0.2, 0.25) is 0 Å². The molecule has 15 heavy (non-hydrogen) atoms. The molecule has 0 saturated carbocycles. The quantitative estimate of drug-likeness (QED) is 0.638. The van der Waals surface area contributed by atoms with E-state index in [0.29, 0.717) is 6.61 Å². The van der Waals surface area contributed by atoms with Gasteiger partial charge >= 0.3 is 12.2 Å². The first-order chi connectivity index (χ1) is 7.15. The first-order valence-corrected chi connectivity index (χ1v) is 4.32. The highest BCUT2D eigenvalue weighted by Gasteiger charge is 2.45. The molecule has 1 unspecified atom stereocenters. The Labute approximate surface area is 86.4 Å². The van der Waals surface area contributed by atoms with Gasteiger partial charge in [-0.1, -0.05) is 0 Å². The van der Waals surface area contributed by atoms with E-state index < -0.39 is 18.4 Å². The standard InChI is InChI=1S/C7H13N3O5/c1-3-14-5-4-9(6(11)13-2)10(5)7(12)15-8/h5H,3-4,8H2,1-2H3. The van der Waals surface area contributed by atoms with Gasteiger partial charge in [0, 0.05) is 6.61 Å². The molecule has 86 valence electrons. The van der Waals surface area contributed by atoms with Crippen molar-refractivity contribution in [1.82, 2.24) is 10.0 Å². The van der Waals surface area contributed by atoms with E-state index in [0.717, 1.165) is 10.0 Å². The number of carbonyl (C=O) groups is 2. The first-order valence-electron chi connectivity index (χ1n) is 4.32. The molecule has 8 nitrogen and oxygen atoms in total. The summed E-state index contributed by atoms with van der Waals surface area (Å²) in [5.41, 5.74) is 0. The Morgan fingerprint density at radius 3 is 2.60 bits per heavy atom. The average molecular weight is 219 g/mol. The molecule has 0 aromatic carbocycles. The predicted molar refractivity (Wildman–Crippen MR) is 47.0 cm³/mol. The van der Waals surface area contributed by atoms with Crippen molar-refractivity contribution in [3.63, 3.8) is 0 Å². The molecule has 8 heteroatoms. The minimum atomic E-state index is -0.870. The third-order valence-electron chi connectivity index (χ3n) is 1.89. The topological polar surface area (TPSA) is 94.3 Å². The number of carbonyl (C=O) groups excluding carboxylic acids is 2. The van der Waals surface area contributed by atoms with Crippen LogP contribution in [-0.4, -0.2) is 48.7 Å². The van der Waals surface area contributed by atoms with Crippen LogP contribution in [0.1, 0.15) is 6.92 Å². The Kier molecular flexibility index (Phi) is 3.69. The molecule has 1 saturated heterocycles. The number of rotatable bonds is 2. The normalized spacial score (nSPS) is 19.5. The maximum Gasteiger partial charge on any atom is 0.450 e. The summed E-state index contributed by atoms with van der Waals surface area (Å²) in [4.78, 5) is 26.3. The van der Waals surface area contributed by atoms with E-state index in [1.54, 1.807) is 6.92 Å². The molecule has 0 radical (unpaired) electrons. The molecule has 0 aliphatic carbocycles. The zero-order valence-electron chi connectivity index (χ0n) is 8.50. The summed E-state index contributed by atoms with van der Waals surface area (Å²) in [6.07, 6.45) is -2.08. The minimum Gasteiger partial charge on any atom is -0.452 e. The lowest BCUT2D eigenvalue weighted by molar-refractivity contribution is -0.218. The van der Waals surface area contributed by atoms with Crippen LogP contribution in [0.2, 0.25) is 0 Å². The fraction of sp³-hybridized carbons (Fsp3) is 0.714. The fourth-order valence-electron chi connectivity index (χ4n) is 1.23. The third-order valence-corrected chi connectivity index (χ3v) is 1.89. The predicted octanol–water partition coefficient (Wildman–Crippen LogP) is -0.342. The lowest BCUT2D eigenvalue weighted by Crippen LogP contribution is -2.69. The lowest BCUT2D eigenvalue weighted by Gasteiger charge is -2.46. The highest BCUT2D eigenvalue weighted by atomic mass is 16.7. The van der Waals surface area contributed by atoms with Crippen molar-refractivity contribution in [2.24, 2.45) is 5.90 Å². The summed E-state index contributed by atoms with van der Waals surface area (Å²) in [5.74, 6) is 4.72. The van der Waals surface area contributed by atoms with Crippen LogP contribution in [0.3, 0.4) is 0 Å². The van der Waals surface area contributed by atoms with E-state index in [-0.39, 0.29) is 6.54 Å². The second kappa shape index (κ2) is 4.80. The van der Waals surface area contributed by atoms with Gasteiger partial charge in [-0.25, -0.2) is 14.6 Å². The highest BCUT2D eigenvalue weighted by molar-refractivity contribution is 5.75. The van der Waals surface area contributed by atoms with Crippen LogP contribution < -0.4 is 5.90 Å². The molecule has 1 rings (SSSR count). The van der Waals surface area contributed by atoms with Gasteiger partial charge in [-0.2, -0.15) is 10.9 Å². The highest BCUT2D eigenvalue weighted by Crippen LogP contribution is 2.21. The van der Waals surface area contributed by atoms with Gasteiger partial charge in [-0.3, -0.25) is 0 Å². The van der Waals surface area contributed by atoms with Gasteiger partial charge < -0.3 is 14.3 Å². The Morgan fingerprint density at radius 2 is 2.13 bits per heavy atom. The zero-order valence-corrected chi connectivity index (χ0v) is 8.50. The van der Waals surface area contributed by atoms with Gasteiger partial charge in [-0.05, 0) is 6.92 Å². The fourth-order valence-corrected chi connectivity index (χ4v) is 1.23. The maximum atomic E-state index is 11.2. The van der Waals surface area contributed by atoms with Crippen LogP contribution in [0.4, 0.5) is 9.59 Å². The first kappa shape index (κ1) is 11.5. The Hall–Kier alpha value is -1.54. The van der Waals surface area contributed by atoms with Crippen molar-refractivity contribution >= 4 is 12.2 Å². The second-order valence-corrected chi connectivity index (χ2v) is 2.69. The van der Waals surface area contributed by atoms with Gasteiger partial charge in [0.05, 0.1) is 13.7 Å². The molecule has 2 amide bonds. The molecule has 1 aliphatic rings. The number of hydrogen-bond acceptors (Lipinski definition) is 6. The van der Waals surface area contributed by atoms with Gasteiger partial charge in [0.1, 0.15) is 0 Å². The molecule has 1 aliphatic heterocycles. The number of hydrazine groups is 1. The summed E-state index contributed by atoms with van der Waals surface area (Å²) in [6.45, 7) is 2.41. The van der Waals surface area contributed by atoms with E-state index in [1.807, 2.05) is 0 Å². The number of hydrogen-bond donors (Lipinski definition) is 1. The van der Waals surface area contributed by atoms with Crippen LogP contribution in [0, 0.1) is 0 Å². The maximum absolute atomic E-state index is 11.2. The SMILES string of the molecule is CCOC1CN(C(=O)OC)N1C(=O)ON. The van der Waals surface area contributed by atoms with Gasteiger partial charge in [0.25, 0.3) is 0 Å². The molecule has 0 aromatic heterocycles. The van der Waals surface area contributed by atoms with Gasteiger partial charge in [-0.15, -0.1) is 0 Å². The molecule has 0 aromatic rings. The smallest absolute Gasteiger partial charge is 0.450 e. The molecule has 1 fully saturated rings. The summed E-state index contributed by atoms with van der Waals surface area (Å²) >= 11 is 0. The molecule has 2 N–H and O–H groups in total. The van der Waals surface area contributed by atoms with Crippen molar-refractivity contribution in [3.05, 3.63) is 0 Å². The van der Waals surface area contributed by atoms with Crippen molar-refractivity contribution in [1.29, 1.82) is 0 Å². The Bertz CT molecular complexity index is 259. The van der Waals surface area contributed by atoms with Crippen LogP contribution in [-0.2, 0) is 14.3 Å². The monoisotopic (exact) mass is 219 g/mol. The van der Waals surface area contributed by atoms with E-state index in [4.69, 9.17) is 10.6 Å². The zero-order chi connectivity index (χ0) is 11.4. The summed E-state index contributed by atoms with van der Waals surface area (Å²) < 4.78 is 9.61. The van der Waals surface area contributed by atoms with Crippen LogP contribution in [0.5, 0.6) is 0 Å². The van der Waals surface area contributed by atoms with Crippen molar-refractivity contribution < 1.29 is 23.9 Å². The molecular weight excluding hydrogens is 206 g/mol. The molecule has 0 spiro atoms. The van der Waals surface area contributed by atoms with E-state index >= 15 is 0 Å². The van der Waals surface area contributed by atoms with Crippen molar-refractivity contribution in [2.75, 3.05) is 20.3 Å². The van der Waals surface area contributed by atoms with Crippen LogP contribution in [0.25, 0.3) is 0 Å². The Morgan fingerprint density at radius 1 is 1.47 bits per heavy atom. The lowest BCUT2D eigenvalue weighted by atomic mass is 10.4. The van der Waals surface area contributed by atoms with Crippen LogP contribution in [0.15, 0.2) is 0 Å². The van der Waals surface area contributed by atoms with E-state index in [1.165, 1.54) is 7.11 Å². The van der Waals surface area contributed by atoms with Crippen molar-refractivity contribution in [2.45, 2.75) is 13.2 Å². The van der Waals surface area contributed by atoms with E-state index in [9.17, 15) is 9.59 Å². The summed E-state index contributed by atoms with van der Waals surface area (Å²) in [7, 11) is 1.21. The van der Waals surface area contributed by atoms with Crippen molar-refractivity contribution in [3.8, 4) is 0 Å². The minimum absolute atomic E-state index is 0.232.